The average Bonchev–Trinajstić information content (AvgIpc) is 3.04. The highest BCUT2D eigenvalue weighted by atomic mass is 19.1. The topological polar surface area (TPSA) is 97.0 Å². The van der Waals surface area contributed by atoms with Gasteiger partial charge < -0.3 is 29.5 Å². The number of aliphatic hydroxyl groups excluding tert-OH is 1. The Bertz CT molecular complexity index is 1510. The van der Waals surface area contributed by atoms with Crippen LogP contribution in [0.4, 0.5) is 15.9 Å². The molecule has 0 aliphatic carbocycles. The summed E-state index contributed by atoms with van der Waals surface area (Å²) in [5.74, 6) is 0.379. The molecule has 45 heavy (non-hydrogen) atoms. The van der Waals surface area contributed by atoms with Gasteiger partial charge in [-0.3, -0.25) is 10.1 Å². The first kappa shape index (κ1) is 33.1. The van der Waals surface area contributed by atoms with Gasteiger partial charge in [-0.15, -0.1) is 0 Å². The predicted molar refractivity (Wildman–Crippen MR) is 179 cm³/mol. The van der Waals surface area contributed by atoms with E-state index in [-0.39, 0.29) is 23.7 Å². The van der Waals surface area contributed by atoms with Crippen LogP contribution < -0.4 is 20.7 Å². The van der Waals surface area contributed by atoms with Crippen LogP contribution in [0, 0.1) is 19.7 Å². The molecule has 244 valence electrons. The van der Waals surface area contributed by atoms with E-state index in [9.17, 15) is 9.90 Å². The van der Waals surface area contributed by atoms with E-state index in [2.05, 4.69) is 57.2 Å². The van der Waals surface area contributed by atoms with Gasteiger partial charge in [-0.1, -0.05) is 13.8 Å². The molecule has 1 aromatic carbocycles. The summed E-state index contributed by atoms with van der Waals surface area (Å²) >= 11 is 0. The lowest BCUT2D eigenvalue weighted by Crippen LogP contribution is -2.44. The molecular weight excluding hydrogens is 571 g/mol. The van der Waals surface area contributed by atoms with E-state index >= 15 is 4.39 Å². The number of nitrogens with one attached hydrogen (secondary N) is 2. The highest BCUT2D eigenvalue weighted by molar-refractivity contribution is 5.73. The maximum Gasteiger partial charge on any atom is 0.253 e. The Labute approximate surface area is 266 Å². The third kappa shape index (κ3) is 7.25. The summed E-state index contributed by atoms with van der Waals surface area (Å²) in [6.07, 6.45) is 2.71. The summed E-state index contributed by atoms with van der Waals surface area (Å²) in [6.45, 7) is 15.7. The van der Waals surface area contributed by atoms with Crippen LogP contribution in [0.2, 0.25) is 0 Å². The van der Waals surface area contributed by atoms with Gasteiger partial charge in [-0.2, -0.15) is 0 Å². The van der Waals surface area contributed by atoms with Crippen molar-refractivity contribution >= 4 is 11.5 Å². The van der Waals surface area contributed by atoms with E-state index in [1.807, 2.05) is 33.0 Å². The first-order chi connectivity index (χ1) is 21.6. The minimum Gasteiger partial charge on any atom is -0.381 e. The Hall–Kier alpha value is -3.31. The second-order valence-corrected chi connectivity index (χ2v) is 12.8. The van der Waals surface area contributed by atoms with Crippen molar-refractivity contribution in [2.24, 2.45) is 0 Å². The second-order valence-electron chi connectivity index (χ2n) is 12.8. The minimum atomic E-state index is -1.08. The number of aromatic nitrogens is 2. The zero-order chi connectivity index (χ0) is 32.2. The lowest BCUT2D eigenvalue weighted by molar-refractivity contribution is 0.0846. The summed E-state index contributed by atoms with van der Waals surface area (Å²) < 4.78 is 20.7. The molecule has 0 radical (unpaired) electrons. The third-order valence-electron chi connectivity index (χ3n) is 9.42. The van der Waals surface area contributed by atoms with Gasteiger partial charge in [0.1, 0.15) is 17.9 Å². The minimum absolute atomic E-state index is 0.0267. The van der Waals surface area contributed by atoms with Gasteiger partial charge in [0.05, 0.1) is 5.69 Å². The first-order valence-electron chi connectivity index (χ1n) is 16.3. The molecule has 0 amide bonds. The van der Waals surface area contributed by atoms with Gasteiger partial charge in [0.15, 0.2) is 0 Å². The number of ether oxygens (including phenoxy) is 1. The molecule has 2 aromatic heterocycles. The second kappa shape index (κ2) is 14.4. The van der Waals surface area contributed by atoms with E-state index in [1.165, 1.54) is 0 Å². The third-order valence-corrected chi connectivity index (χ3v) is 9.42. The number of aryl methyl sites for hydroxylation is 1. The Morgan fingerprint density at radius 3 is 2.47 bits per heavy atom. The highest BCUT2D eigenvalue weighted by Gasteiger charge is 2.26. The number of rotatable bonds is 10. The molecule has 2 aliphatic heterocycles. The molecule has 0 saturated carbocycles. The molecule has 1 atom stereocenters. The van der Waals surface area contributed by atoms with Crippen LogP contribution in [0.5, 0.6) is 0 Å². The molecule has 2 aliphatic rings. The van der Waals surface area contributed by atoms with Crippen LogP contribution in [0.15, 0.2) is 35.3 Å². The number of aromatic amines is 1. The number of piperazine rings is 1. The number of benzene rings is 1. The fraction of sp³-hybridized carbons (Fsp3) is 0.543. The molecule has 0 bridgehead atoms. The van der Waals surface area contributed by atoms with Gasteiger partial charge >= 0.3 is 0 Å². The van der Waals surface area contributed by atoms with Crippen LogP contribution in [0.25, 0.3) is 11.1 Å². The van der Waals surface area contributed by atoms with Crippen molar-refractivity contribution in [1.82, 2.24) is 20.2 Å². The van der Waals surface area contributed by atoms with E-state index < -0.39 is 12.0 Å². The summed E-state index contributed by atoms with van der Waals surface area (Å²) in [5, 5.41) is 14.8. The monoisotopic (exact) mass is 620 g/mol. The van der Waals surface area contributed by atoms with Crippen molar-refractivity contribution < 1.29 is 14.2 Å². The van der Waals surface area contributed by atoms with Gasteiger partial charge in [0.25, 0.3) is 5.56 Å². The summed E-state index contributed by atoms with van der Waals surface area (Å²) in [6, 6.07) is 8.72. The summed E-state index contributed by atoms with van der Waals surface area (Å²) in [5.41, 5.74) is 5.22. The Kier molecular flexibility index (Phi) is 10.6. The van der Waals surface area contributed by atoms with Crippen LogP contribution in [0.3, 0.4) is 0 Å². The predicted octanol–water partition coefficient (Wildman–Crippen LogP) is 4.85. The Morgan fingerprint density at radius 1 is 1.13 bits per heavy atom. The number of likely N-dealkylation sites (N-methyl/N-ethyl adjacent to an activating group) is 1. The SMILES string of the molecule is CCN(c1cc(-c2ccc(N3CCN(C)CC3)nc2)cc(C(O)NCc2c(C(C)C)c(F)c(C)[nH]c2=O)c1C)C1CCOCC1. The first-order valence-corrected chi connectivity index (χ1v) is 16.3. The fourth-order valence-electron chi connectivity index (χ4n) is 6.71. The summed E-state index contributed by atoms with van der Waals surface area (Å²) in [4.78, 5) is 27.4. The Morgan fingerprint density at radius 2 is 1.84 bits per heavy atom. The molecule has 4 heterocycles. The highest BCUT2D eigenvalue weighted by Crippen LogP contribution is 2.36. The van der Waals surface area contributed by atoms with E-state index in [0.29, 0.717) is 22.7 Å². The molecule has 1 unspecified atom stereocenters. The van der Waals surface area contributed by atoms with Crippen molar-refractivity contribution in [3.05, 3.63) is 74.6 Å². The van der Waals surface area contributed by atoms with Crippen LogP contribution in [0.1, 0.15) is 73.7 Å². The van der Waals surface area contributed by atoms with E-state index in [4.69, 9.17) is 9.72 Å². The fourth-order valence-corrected chi connectivity index (χ4v) is 6.71. The molecule has 2 fully saturated rings. The largest absolute Gasteiger partial charge is 0.381 e. The van der Waals surface area contributed by atoms with Crippen molar-refractivity contribution in [1.29, 1.82) is 0 Å². The van der Waals surface area contributed by atoms with E-state index in [1.54, 1.807) is 6.92 Å². The smallest absolute Gasteiger partial charge is 0.253 e. The van der Waals surface area contributed by atoms with Gasteiger partial charge in [0.2, 0.25) is 0 Å². The molecule has 3 aromatic rings. The molecule has 10 heteroatoms. The average molecular weight is 621 g/mol. The standard InChI is InChI=1S/C35H49FN6O3/c1-7-42(27-10-16-45-17-11-27)30-19-26(25-8-9-31(37-20-25)41-14-12-40(6)13-15-41)18-28(23(30)4)34(43)38-21-29-32(22(2)3)33(36)24(5)39-35(29)44/h8-9,18-20,22,27,34,38,43H,7,10-17,21H2,1-6H3,(H,39,44). The van der Waals surface area contributed by atoms with E-state index in [0.717, 1.165) is 87.0 Å². The van der Waals surface area contributed by atoms with Gasteiger partial charge in [-0.25, -0.2) is 9.37 Å². The number of aliphatic hydroxyl groups is 1. The van der Waals surface area contributed by atoms with Crippen molar-refractivity contribution in [2.45, 2.75) is 72.2 Å². The van der Waals surface area contributed by atoms with Gasteiger partial charge in [-0.05, 0) is 82.0 Å². The molecule has 5 rings (SSSR count). The number of pyridine rings is 2. The van der Waals surface area contributed by atoms with Crippen LogP contribution in [-0.2, 0) is 11.3 Å². The quantitative estimate of drug-likeness (QED) is 0.277. The number of anilines is 2. The summed E-state index contributed by atoms with van der Waals surface area (Å²) in [7, 11) is 2.14. The van der Waals surface area contributed by atoms with Crippen molar-refractivity contribution in [3.63, 3.8) is 0 Å². The zero-order valence-corrected chi connectivity index (χ0v) is 27.6. The van der Waals surface area contributed by atoms with Crippen molar-refractivity contribution in [2.75, 3.05) is 62.8 Å². The molecule has 2 saturated heterocycles. The number of halogens is 1. The maximum atomic E-state index is 15.1. The van der Waals surface area contributed by atoms with Crippen LogP contribution in [-0.4, -0.2) is 79.0 Å². The molecule has 0 spiro atoms. The number of nitrogens with zero attached hydrogens (tertiary/aromatic N) is 4. The van der Waals surface area contributed by atoms with Gasteiger partial charge in [0, 0.05) is 92.7 Å². The number of H-pyrrole nitrogens is 1. The number of hydrogen-bond acceptors (Lipinski definition) is 8. The molecule has 3 N–H and O–H groups in total. The lowest BCUT2D eigenvalue weighted by atomic mass is 9.94. The maximum absolute atomic E-state index is 15.1. The van der Waals surface area contributed by atoms with Crippen LogP contribution >= 0.6 is 0 Å². The molecular formula is C35H49FN6O3. The van der Waals surface area contributed by atoms with Crippen molar-refractivity contribution in [3.8, 4) is 11.1 Å². The normalized spacial score (nSPS) is 17.2. The Balaban J connectivity index is 1.50. The zero-order valence-electron chi connectivity index (χ0n) is 27.6. The number of hydrogen-bond donors (Lipinski definition) is 3. The molecule has 9 nitrogen and oxygen atoms in total. The lowest BCUT2D eigenvalue weighted by Gasteiger charge is -2.37.